The van der Waals surface area contributed by atoms with Crippen LogP contribution in [0.25, 0.3) is 0 Å². The maximum Gasteiger partial charge on any atom is 0.226 e. The Bertz CT molecular complexity index is 611. The molecule has 1 heterocycles. The number of hydrogen-bond acceptors (Lipinski definition) is 5. The second-order valence-corrected chi connectivity index (χ2v) is 6.16. The lowest BCUT2D eigenvalue weighted by Gasteiger charge is -2.04. The molecule has 1 aromatic carbocycles. The maximum absolute atomic E-state index is 11.8. The fraction of sp³-hybridized carbons (Fsp3) is 0.412. The number of carbonyl (C=O) groups excluding carboxylic acids is 1. The van der Waals surface area contributed by atoms with Crippen molar-refractivity contribution in [3.8, 4) is 5.75 Å². The Kier molecular flexibility index (Phi) is 7.03. The Labute approximate surface area is 141 Å². The summed E-state index contributed by atoms with van der Waals surface area (Å²) < 4.78 is 5.70. The molecule has 0 aliphatic rings. The van der Waals surface area contributed by atoms with Crippen LogP contribution in [0.4, 0.5) is 0 Å². The van der Waals surface area contributed by atoms with Crippen LogP contribution >= 0.6 is 11.3 Å². The van der Waals surface area contributed by atoms with Gasteiger partial charge in [-0.1, -0.05) is 24.6 Å². The minimum atomic E-state index is -0.000735. The second kappa shape index (κ2) is 9.27. The number of amides is 1. The van der Waals surface area contributed by atoms with Crippen LogP contribution in [-0.2, 0) is 17.8 Å². The summed E-state index contributed by atoms with van der Waals surface area (Å²) in [5, 5.41) is 8.82. The van der Waals surface area contributed by atoms with E-state index >= 15 is 0 Å². The lowest BCUT2D eigenvalue weighted by Crippen LogP contribution is -2.32. The number of nitrogens with one attached hydrogen (secondary N) is 2. The molecule has 2 N–H and O–H groups in total. The summed E-state index contributed by atoms with van der Waals surface area (Å²) in [5.74, 6) is 0.827. The van der Waals surface area contributed by atoms with E-state index in [2.05, 4.69) is 15.6 Å². The van der Waals surface area contributed by atoms with E-state index in [-0.39, 0.29) is 5.91 Å². The first kappa shape index (κ1) is 17.4. The molecule has 0 saturated heterocycles. The predicted molar refractivity (Wildman–Crippen MR) is 92.9 cm³/mol. The molecule has 5 nitrogen and oxygen atoms in total. The van der Waals surface area contributed by atoms with Gasteiger partial charge in [-0.05, 0) is 25.6 Å². The molecule has 0 spiro atoms. The van der Waals surface area contributed by atoms with Gasteiger partial charge in [0.25, 0.3) is 0 Å². The smallest absolute Gasteiger partial charge is 0.226 e. The Morgan fingerprint density at radius 2 is 2.04 bits per heavy atom. The molecule has 2 aromatic rings. The van der Waals surface area contributed by atoms with Crippen LogP contribution < -0.4 is 15.4 Å². The average molecular weight is 333 g/mol. The van der Waals surface area contributed by atoms with Crippen molar-refractivity contribution < 1.29 is 9.53 Å². The van der Waals surface area contributed by atoms with Gasteiger partial charge in [-0.2, -0.15) is 0 Å². The molecule has 6 heteroatoms. The quantitative estimate of drug-likeness (QED) is 0.691. The highest BCUT2D eigenvalue weighted by Gasteiger charge is 2.08. The van der Waals surface area contributed by atoms with Crippen molar-refractivity contribution >= 4 is 17.2 Å². The topological polar surface area (TPSA) is 63.2 Å². The Morgan fingerprint density at radius 3 is 2.78 bits per heavy atom. The highest BCUT2D eigenvalue weighted by Crippen LogP contribution is 2.16. The Morgan fingerprint density at radius 1 is 1.26 bits per heavy atom. The zero-order valence-electron chi connectivity index (χ0n) is 13.6. The number of nitrogens with zero attached hydrogens (tertiary/aromatic N) is 1. The van der Waals surface area contributed by atoms with Gasteiger partial charge in [0.05, 0.1) is 12.1 Å². The van der Waals surface area contributed by atoms with E-state index in [1.54, 1.807) is 0 Å². The van der Waals surface area contributed by atoms with Crippen LogP contribution in [0.1, 0.15) is 23.2 Å². The average Bonchev–Trinajstić information content (AvgIpc) is 2.98. The van der Waals surface area contributed by atoms with E-state index < -0.39 is 0 Å². The third-order valence-corrected chi connectivity index (χ3v) is 4.07. The maximum atomic E-state index is 11.8. The molecule has 2 rings (SSSR count). The fourth-order valence-corrected chi connectivity index (χ4v) is 2.68. The first-order valence-electron chi connectivity index (χ1n) is 7.77. The lowest BCUT2D eigenvalue weighted by molar-refractivity contribution is -0.120. The molecule has 0 saturated carbocycles. The monoisotopic (exact) mass is 333 g/mol. The van der Waals surface area contributed by atoms with Crippen LogP contribution in [0, 0.1) is 6.92 Å². The van der Waals surface area contributed by atoms with Gasteiger partial charge in [-0.3, -0.25) is 4.79 Å². The number of aryl methyl sites for hydroxylation is 1. The summed E-state index contributed by atoms with van der Waals surface area (Å²) in [7, 11) is 0. The van der Waals surface area contributed by atoms with E-state index in [0.717, 1.165) is 29.5 Å². The normalized spacial score (nSPS) is 10.5. The summed E-state index contributed by atoms with van der Waals surface area (Å²) in [6, 6.07) is 7.92. The highest BCUT2D eigenvalue weighted by atomic mass is 32.1. The third-order valence-electron chi connectivity index (χ3n) is 3.20. The molecule has 124 valence electrons. The van der Waals surface area contributed by atoms with E-state index in [1.165, 1.54) is 16.9 Å². The van der Waals surface area contributed by atoms with Gasteiger partial charge < -0.3 is 15.4 Å². The second-order valence-electron chi connectivity index (χ2n) is 5.21. The van der Waals surface area contributed by atoms with Crippen molar-refractivity contribution in [3.63, 3.8) is 0 Å². The standard InChI is InChI=1S/C17H23N3O2S/c1-3-18-8-9-19-16(21)10-14-12-23-17(20-14)11-22-15-6-4-13(2)5-7-15/h4-7,12,18H,3,8-11H2,1-2H3,(H,19,21). The molecular weight excluding hydrogens is 310 g/mol. The summed E-state index contributed by atoms with van der Waals surface area (Å²) in [4.78, 5) is 16.2. The zero-order valence-corrected chi connectivity index (χ0v) is 14.4. The molecule has 23 heavy (non-hydrogen) atoms. The number of rotatable bonds is 9. The molecule has 0 fully saturated rings. The largest absolute Gasteiger partial charge is 0.486 e. The first-order chi connectivity index (χ1) is 11.2. The summed E-state index contributed by atoms with van der Waals surface area (Å²) in [6.45, 7) is 6.84. The van der Waals surface area contributed by atoms with Crippen molar-refractivity contribution in [1.29, 1.82) is 0 Å². The van der Waals surface area contributed by atoms with Crippen LogP contribution in [0.2, 0.25) is 0 Å². The van der Waals surface area contributed by atoms with Gasteiger partial charge >= 0.3 is 0 Å². The van der Waals surface area contributed by atoms with Crippen molar-refractivity contribution in [2.24, 2.45) is 0 Å². The number of aromatic nitrogens is 1. The Hall–Kier alpha value is -1.92. The van der Waals surface area contributed by atoms with Crippen LogP contribution in [0.15, 0.2) is 29.6 Å². The van der Waals surface area contributed by atoms with Crippen LogP contribution in [-0.4, -0.2) is 30.5 Å². The number of likely N-dealkylation sites (N-methyl/N-ethyl adjacent to an activating group) is 1. The molecular formula is C17H23N3O2S. The highest BCUT2D eigenvalue weighted by molar-refractivity contribution is 7.09. The van der Waals surface area contributed by atoms with Crippen molar-refractivity contribution in [2.75, 3.05) is 19.6 Å². The summed E-state index contributed by atoms with van der Waals surface area (Å²) >= 11 is 1.52. The van der Waals surface area contributed by atoms with E-state index in [0.29, 0.717) is 19.6 Å². The molecule has 1 aromatic heterocycles. The van der Waals surface area contributed by atoms with Crippen molar-refractivity contribution in [2.45, 2.75) is 26.9 Å². The minimum Gasteiger partial charge on any atom is -0.486 e. The number of hydrogen-bond donors (Lipinski definition) is 2. The first-order valence-corrected chi connectivity index (χ1v) is 8.65. The number of carbonyl (C=O) groups is 1. The summed E-state index contributed by atoms with van der Waals surface area (Å²) in [5.41, 5.74) is 1.99. The van der Waals surface area contributed by atoms with E-state index in [9.17, 15) is 4.79 Å². The molecule has 0 aliphatic carbocycles. The molecule has 0 unspecified atom stereocenters. The molecule has 0 radical (unpaired) electrons. The third kappa shape index (κ3) is 6.38. The van der Waals surface area contributed by atoms with Crippen molar-refractivity contribution in [1.82, 2.24) is 15.6 Å². The molecule has 0 bridgehead atoms. The molecule has 0 atom stereocenters. The number of ether oxygens (including phenoxy) is 1. The van der Waals surface area contributed by atoms with Gasteiger partial charge in [0, 0.05) is 18.5 Å². The SMILES string of the molecule is CCNCCNC(=O)Cc1csc(COc2ccc(C)cc2)n1. The van der Waals surface area contributed by atoms with E-state index in [1.807, 2.05) is 43.5 Å². The van der Waals surface area contributed by atoms with Gasteiger partial charge in [0.15, 0.2) is 0 Å². The zero-order chi connectivity index (χ0) is 16.5. The Balaban J connectivity index is 1.74. The predicted octanol–water partition coefficient (Wildman–Crippen LogP) is 2.30. The molecule has 1 amide bonds. The number of thiazole rings is 1. The van der Waals surface area contributed by atoms with E-state index in [4.69, 9.17) is 4.74 Å². The van der Waals surface area contributed by atoms with Crippen molar-refractivity contribution in [3.05, 3.63) is 45.9 Å². The summed E-state index contributed by atoms with van der Waals surface area (Å²) in [6.07, 6.45) is 0.313. The molecule has 0 aliphatic heterocycles. The van der Waals surface area contributed by atoms with Crippen LogP contribution in [0.3, 0.4) is 0 Å². The lowest BCUT2D eigenvalue weighted by atomic mass is 10.2. The minimum absolute atomic E-state index is 0.000735. The van der Waals surface area contributed by atoms with Gasteiger partial charge in [-0.25, -0.2) is 4.98 Å². The van der Waals surface area contributed by atoms with Gasteiger partial charge in [-0.15, -0.1) is 11.3 Å². The van der Waals surface area contributed by atoms with Gasteiger partial charge in [0.2, 0.25) is 5.91 Å². The fourth-order valence-electron chi connectivity index (χ4n) is 1.97. The van der Waals surface area contributed by atoms with Crippen LogP contribution in [0.5, 0.6) is 5.75 Å². The number of benzene rings is 1. The van der Waals surface area contributed by atoms with Gasteiger partial charge in [0.1, 0.15) is 17.4 Å².